The first kappa shape index (κ1) is 17.3. The highest BCUT2D eigenvalue weighted by atomic mass is 32.2. The second-order valence-corrected chi connectivity index (χ2v) is 10.0. The van der Waals surface area contributed by atoms with Gasteiger partial charge in [0, 0.05) is 12.0 Å². The van der Waals surface area contributed by atoms with E-state index in [4.69, 9.17) is 0 Å². The first-order chi connectivity index (χ1) is 12.1. The summed E-state index contributed by atoms with van der Waals surface area (Å²) < 4.78 is 28.7. The standard InChI is InChI=1S/C20H25NO2S2/c22-25(23,19-8-7-16-5-1-2-6-17(16)13-19)21-15-20(10-3-4-11-20)18-9-12-24-14-18/h7-9,12-14,21H,1-6,10-11,15H2. The molecule has 4 rings (SSSR count). The van der Waals surface area contributed by atoms with Gasteiger partial charge in [0.2, 0.25) is 10.0 Å². The van der Waals surface area contributed by atoms with Crippen molar-refractivity contribution in [2.45, 2.75) is 61.7 Å². The van der Waals surface area contributed by atoms with Crippen LogP contribution in [0, 0.1) is 0 Å². The molecule has 1 fully saturated rings. The van der Waals surface area contributed by atoms with Crippen LogP contribution < -0.4 is 4.72 Å². The van der Waals surface area contributed by atoms with E-state index < -0.39 is 10.0 Å². The molecule has 1 saturated carbocycles. The summed E-state index contributed by atoms with van der Waals surface area (Å²) in [5.41, 5.74) is 3.79. The van der Waals surface area contributed by atoms with Crippen LogP contribution in [0.3, 0.4) is 0 Å². The molecule has 0 spiro atoms. The van der Waals surface area contributed by atoms with E-state index in [0.29, 0.717) is 11.4 Å². The molecule has 2 aromatic rings. The van der Waals surface area contributed by atoms with Crippen LogP contribution in [0.5, 0.6) is 0 Å². The molecule has 2 aliphatic rings. The molecule has 1 N–H and O–H groups in total. The summed E-state index contributed by atoms with van der Waals surface area (Å²) in [6.07, 6.45) is 8.92. The number of sulfonamides is 1. The van der Waals surface area contributed by atoms with Crippen molar-refractivity contribution in [1.29, 1.82) is 0 Å². The summed E-state index contributed by atoms with van der Waals surface area (Å²) in [4.78, 5) is 0.423. The molecule has 0 saturated heterocycles. The number of nitrogens with one attached hydrogen (secondary N) is 1. The maximum absolute atomic E-state index is 12.9. The van der Waals surface area contributed by atoms with Crippen molar-refractivity contribution in [1.82, 2.24) is 4.72 Å². The summed E-state index contributed by atoms with van der Waals surface area (Å²) >= 11 is 1.69. The molecule has 1 heterocycles. The second kappa shape index (κ2) is 6.86. The van der Waals surface area contributed by atoms with Gasteiger partial charge in [0.15, 0.2) is 0 Å². The Balaban J connectivity index is 1.55. The molecule has 0 unspecified atom stereocenters. The lowest BCUT2D eigenvalue weighted by Gasteiger charge is -2.28. The van der Waals surface area contributed by atoms with E-state index in [9.17, 15) is 8.42 Å². The molecular weight excluding hydrogens is 350 g/mol. The van der Waals surface area contributed by atoms with E-state index in [1.54, 1.807) is 17.4 Å². The Hall–Kier alpha value is -1.17. The molecule has 3 nitrogen and oxygen atoms in total. The van der Waals surface area contributed by atoms with E-state index in [1.807, 2.05) is 12.1 Å². The Bertz CT molecular complexity index is 835. The first-order valence-electron chi connectivity index (χ1n) is 9.23. The van der Waals surface area contributed by atoms with Gasteiger partial charge in [-0.2, -0.15) is 11.3 Å². The molecule has 134 valence electrons. The molecule has 0 aliphatic heterocycles. The van der Waals surface area contributed by atoms with E-state index >= 15 is 0 Å². The highest BCUT2D eigenvalue weighted by molar-refractivity contribution is 7.89. The molecule has 1 aromatic carbocycles. The van der Waals surface area contributed by atoms with Crippen LogP contribution in [-0.2, 0) is 28.3 Å². The van der Waals surface area contributed by atoms with Crippen molar-refractivity contribution in [2.24, 2.45) is 0 Å². The van der Waals surface area contributed by atoms with Crippen molar-refractivity contribution in [3.63, 3.8) is 0 Å². The van der Waals surface area contributed by atoms with Crippen molar-refractivity contribution >= 4 is 21.4 Å². The third kappa shape index (κ3) is 3.42. The number of hydrogen-bond acceptors (Lipinski definition) is 3. The van der Waals surface area contributed by atoms with Crippen molar-refractivity contribution < 1.29 is 8.42 Å². The molecule has 25 heavy (non-hydrogen) atoms. The number of benzene rings is 1. The van der Waals surface area contributed by atoms with Crippen molar-refractivity contribution in [2.75, 3.05) is 6.54 Å². The van der Waals surface area contributed by atoms with E-state index in [1.165, 1.54) is 36.0 Å². The van der Waals surface area contributed by atoms with Gasteiger partial charge in [-0.15, -0.1) is 0 Å². The summed E-state index contributed by atoms with van der Waals surface area (Å²) in [5.74, 6) is 0. The predicted octanol–water partition coefficient (Wildman–Crippen LogP) is 4.42. The zero-order chi connectivity index (χ0) is 17.3. The van der Waals surface area contributed by atoms with Crippen LogP contribution in [0.25, 0.3) is 0 Å². The van der Waals surface area contributed by atoms with Crippen LogP contribution in [0.4, 0.5) is 0 Å². The highest BCUT2D eigenvalue weighted by Crippen LogP contribution is 2.41. The van der Waals surface area contributed by atoms with Crippen LogP contribution in [0.1, 0.15) is 55.2 Å². The average molecular weight is 376 g/mol. The Morgan fingerprint density at radius 2 is 1.76 bits per heavy atom. The lowest BCUT2D eigenvalue weighted by Crippen LogP contribution is -2.38. The maximum atomic E-state index is 12.9. The van der Waals surface area contributed by atoms with Gasteiger partial charge in [-0.25, -0.2) is 13.1 Å². The maximum Gasteiger partial charge on any atom is 0.240 e. The number of hydrogen-bond donors (Lipinski definition) is 1. The fourth-order valence-electron chi connectivity index (χ4n) is 4.38. The average Bonchev–Trinajstić information content (AvgIpc) is 3.32. The zero-order valence-electron chi connectivity index (χ0n) is 14.5. The summed E-state index contributed by atoms with van der Waals surface area (Å²) in [6, 6.07) is 7.83. The van der Waals surface area contributed by atoms with Crippen molar-refractivity contribution in [3.8, 4) is 0 Å². The predicted molar refractivity (Wildman–Crippen MR) is 103 cm³/mol. The molecule has 0 radical (unpaired) electrons. The molecular formula is C20H25NO2S2. The van der Waals surface area contributed by atoms with Crippen LogP contribution >= 0.6 is 11.3 Å². The molecule has 2 aliphatic carbocycles. The second-order valence-electron chi connectivity index (χ2n) is 7.46. The lowest BCUT2D eigenvalue weighted by atomic mass is 9.81. The van der Waals surface area contributed by atoms with Crippen LogP contribution in [-0.4, -0.2) is 15.0 Å². The molecule has 0 amide bonds. The topological polar surface area (TPSA) is 46.2 Å². The summed E-state index contributed by atoms with van der Waals surface area (Å²) in [6.45, 7) is 0.503. The van der Waals surface area contributed by atoms with Crippen LogP contribution in [0.2, 0.25) is 0 Å². The molecule has 5 heteroatoms. The molecule has 0 atom stereocenters. The third-order valence-corrected chi connectivity index (χ3v) is 8.01. The van der Waals surface area contributed by atoms with E-state index in [0.717, 1.165) is 32.1 Å². The Morgan fingerprint density at radius 3 is 2.48 bits per heavy atom. The van der Waals surface area contributed by atoms with Gasteiger partial charge in [0.1, 0.15) is 0 Å². The minimum absolute atomic E-state index is 0.0265. The smallest absolute Gasteiger partial charge is 0.210 e. The van der Waals surface area contributed by atoms with Crippen molar-refractivity contribution in [3.05, 3.63) is 51.7 Å². The molecule has 0 bridgehead atoms. The number of fused-ring (bicyclic) bond motifs is 1. The Morgan fingerprint density at radius 1 is 1.00 bits per heavy atom. The van der Waals surface area contributed by atoms with Gasteiger partial charge in [0.25, 0.3) is 0 Å². The fraction of sp³-hybridized carbons (Fsp3) is 0.500. The summed E-state index contributed by atoms with van der Waals surface area (Å²) in [7, 11) is -3.46. The number of aryl methyl sites for hydroxylation is 2. The SMILES string of the molecule is O=S(=O)(NCC1(c2ccsc2)CCCC1)c1ccc2c(c1)CCCC2. The zero-order valence-corrected chi connectivity index (χ0v) is 16.1. The van der Waals surface area contributed by atoms with E-state index in [2.05, 4.69) is 21.5 Å². The lowest BCUT2D eigenvalue weighted by molar-refractivity contribution is 0.433. The van der Waals surface area contributed by atoms with Gasteiger partial charge >= 0.3 is 0 Å². The van der Waals surface area contributed by atoms with E-state index in [-0.39, 0.29) is 5.41 Å². The fourth-order valence-corrected chi connectivity index (χ4v) is 6.34. The number of thiophene rings is 1. The third-order valence-electron chi connectivity index (χ3n) is 5.93. The van der Waals surface area contributed by atoms with Gasteiger partial charge in [-0.3, -0.25) is 0 Å². The first-order valence-corrected chi connectivity index (χ1v) is 11.7. The quantitative estimate of drug-likeness (QED) is 0.841. The minimum atomic E-state index is -3.46. The Kier molecular flexibility index (Phi) is 4.73. The van der Waals surface area contributed by atoms with Gasteiger partial charge in [-0.1, -0.05) is 18.9 Å². The van der Waals surface area contributed by atoms with Gasteiger partial charge < -0.3 is 0 Å². The Labute approximate surface area is 154 Å². The largest absolute Gasteiger partial charge is 0.240 e. The van der Waals surface area contributed by atoms with Crippen LogP contribution in [0.15, 0.2) is 39.9 Å². The monoisotopic (exact) mass is 375 g/mol. The van der Waals surface area contributed by atoms with Gasteiger partial charge in [0.05, 0.1) is 4.90 Å². The van der Waals surface area contributed by atoms with Gasteiger partial charge in [-0.05, 0) is 84.2 Å². The molecule has 1 aromatic heterocycles. The normalized spacial score (nSPS) is 19.7. The highest BCUT2D eigenvalue weighted by Gasteiger charge is 2.37. The minimum Gasteiger partial charge on any atom is -0.210 e. The number of rotatable bonds is 5. The summed E-state index contributed by atoms with van der Waals surface area (Å²) in [5, 5.41) is 4.27.